The summed E-state index contributed by atoms with van der Waals surface area (Å²) in [4.78, 5) is 0. The number of nitrogens with one attached hydrogen (secondary N) is 1. The number of aromatic nitrogens is 3. The number of H-pyrrole nitrogens is 1. The van der Waals surface area contributed by atoms with E-state index in [-0.39, 0.29) is 0 Å². The SMILES string of the molecule is Cc1n[nH]c(=S)n1/N=C\c1ccc(OCCCc2ccccc2)cc1. The molecule has 0 amide bonds. The molecule has 2 aromatic carbocycles. The van der Waals surface area contributed by atoms with Crippen LogP contribution in [0.2, 0.25) is 0 Å². The van der Waals surface area contributed by atoms with E-state index in [0.29, 0.717) is 11.4 Å². The molecule has 0 aliphatic carbocycles. The van der Waals surface area contributed by atoms with Crippen LogP contribution in [0.1, 0.15) is 23.4 Å². The van der Waals surface area contributed by atoms with Gasteiger partial charge in [-0.25, -0.2) is 0 Å². The Morgan fingerprint density at radius 1 is 1.16 bits per heavy atom. The van der Waals surface area contributed by atoms with Gasteiger partial charge >= 0.3 is 0 Å². The summed E-state index contributed by atoms with van der Waals surface area (Å²) in [7, 11) is 0. The number of hydrogen-bond donors (Lipinski definition) is 1. The van der Waals surface area contributed by atoms with Gasteiger partial charge in [-0.15, -0.1) is 0 Å². The summed E-state index contributed by atoms with van der Waals surface area (Å²) >= 11 is 5.11. The van der Waals surface area contributed by atoms with Gasteiger partial charge in [0.05, 0.1) is 12.8 Å². The highest BCUT2D eigenvalue weighted by molar-refractivity contribution is 7.71. The quantitative estimate of drug-likeness (QED) is 0.395. The van der Waals surface area contributed by atoms with Crippen molar-refractivity contribution < 1.29 is 4.74 Å². The third-order valence-corrected chi connectivity index (χ3v) is 4.00. The van der Waals surface area contributed by atoms with Gasteiger partial charge in [0.1, 0.15) is 11.6 Å². The third-order valence-electron chi connectivity index (χ3n) is 3.74. The number of benzene rings is 2. The average Bonchev–Trinajstić information content (AvgIpc) is 2.97. The fraction of sp³-hybridized carbons (Fsp3) is 0.211. The predicted molar refractivity (Wildman–Crippen MR) is 102 cm³/mol. The monoisotopic (exact) mass is 352 g/mol. The first-order valence-corrected chi connectivity index (χ1v) is 8.58. The second-order valence-electron chi connectivity index (χ2n) is 5.64. The van der Waals surface area contributed by atoms with Crippen LogP contribution in [0.25, 0.3) is 0 Å². The predicted octanol–water partition coefficient (Wildman–Crippen LogP) is 4.14. The summed E-state index contributed by atoms with van der Waals surface area (Å²) in [6.45, 7) is 2.54. The molecule has 25 heavy (non-hydrogen) atoms. The molecule has 3 aromatic rings. The topological polar surface area (TPSA) is 55.2 Å². The number of aromatic amines is 1. The lowest BCUT2D eigenvalue weighted by Gasteiger charge is -2.06. The lowest BCUT2D eigenvalue weighted by atomic mass is 10.1. The van der Waals surface area contributed by atoms with Crippen LogP contribution in [0.4, 0.5) is 0 Å². The fourth-order valence-electron chi connectivity index (χ4n) is 2.39. The minimum absolute atomic E-state index is 0.479. The van der Waals surface area contributed by atoms with E-state index in [1.807, 2.05) is 37.3 Å². The van der Waals surface area contributed by atoms with Gasteiger partial charge < -0.3 is 4.74 Å². The molecule has 0 saturated carbocycles. The van der Waals surface area contributed by atoms with Crippen molar-refractivity contribution in [3.8, 4) is 5.75 Å². The van der Waals surface area contributed by atoms with Gasteiger partial charge in [-0.05, 0) is 67.4 Å². The van der Waals surface area contributed by atoms with Crippen LogP contribution in [0.3, 0.4) is 0 Å². The van der Waals surface area contributed by atoms with Gasteiger partial charge in [-0.2, -0.15) is 14.9 Å². The molecule has 1 N–H and O–H groups in total. The van der Waals surface area contributed by atoms with Gasteiger partial charge in [-0.3, -0.25) is 5.10 Å². The van der Waals surface area contributed by atoms with Crippen LogP contribution >= 0.6 is 12.2 Å². The minimum Gasteiger partial charge on any atom is -0.494 e. The van der Waals surface area contributed by atoms with E-state index >= 15 is 0 Å². The van der Waals surface area contributed by atoms with Crippen molar-refractivity contribution in [3.63, 3.8) is 0 Å². The molecule has 6 heteroatoms. The summed E-state index contributed by atoms with van der Waals surface area (Å²) in [5.74, 6) is 1.58. The fourth-order valence-corrected chi connectivity index (χ4v) is 2.62. The Morgan fingerprint density at radius 2 is 1.92 bits per heavy atom. The van der Waals surface area contributed by atoms with Gasteiger partial charge in [0.25, 0.3) is 0 Å². The van der Waals surface area contributed by atoms with Crippen LogP contribution in [0.15, 0.2) is 59.7 Å². The second kappa shape index (κ2) is 8.39. The van der Waals surface area contributed by atoms with Crippen molar-refractivity contribution in [3.05, 3.63) is 76.3 Å². The van der Waals surface area contributed by atoms with E-state index in [2.05, 4.69) is 39.6 Å². The van der Waals surface area contributed by atoms with E-state index < -0.39 is 0 Å². The Morgan fingerprint density at radius 3 is 2.60 bits per heavy atom. The second-order valence-corrected chi connectivity index (χ2v) is 6.03. The Kier molecular flexibility index (Phi) is 5.74. The van der Waals surface area contributed by atoms with Crippen LogP contribution in [0.5, 0.6) is 5.75 Å². The zero-order chi connectivity index (χ0) is 17.5. The standard InChI is InChI=1S/C19H20N4OS/c1-15-21-22-19(25)23(15)20-14-17-9-11-18(12-10-17)24-13-5-8-16-6-3-2-4-7-16/h2-4,6-7,9-12,14H,5,8,13H2,1H3,(H,22,25)/b20-14-. The molecule has 0 fully saturated rings. The van der Waals surface area contributed by atoms with Gasteiger partial charge in [0.2, 0.25) is 4.77 Å². The maximum absolute atomic E-state index is 5.79. The molecule has 0 aliphatic rings. The maximum atomic E-state index is 5.79. The number of aryl methyl sites for hydroxylation is 2. The van der Waals surface area contributed by atoms with E-state index in [9.17, 15) is 0 Å². The number of ether oxygens (including phenoxy) is 1. The largest absolute Gasteiger partial charge is 0.494 e. The molecule has 0 bridgehead atoms. The van der Waals surface area contributed by atoms with Gasteiger partial charge in [0, 0.05) is 0 Å². The molecule has 0 radical (unpaired) electrons. The highest BCUT2D eigenvalue weighted by Gasteiger charge is 1.98. The van der Waals surface area contributed by atoms with E-state index in [0.717, 1.165) is 30.0 Å². The molecular weight excluding hydrogens is 332 g/mol. The first-order valence-electron chi connectivity index (χ1n) is 8.17. The molecule has 0 saturated heterocycles. The first-order chi connectivity index (χ1) is 12.2. The Labute approximate surface area is 152 Å². The maximum Gasteiger partial charge on any atom is 0.216 e. The van der Waals surface area contributed by atoms with Crippen LogP contribution in [-0.4, -0.2) is 27.7 Å². The lowest BCUT2D eigenvalue weighted by molar-refractivity contribution is 0.311. The summed E-state index contributed by atoms with van der Waals surface area (Å²) in [6.07, 6.45) is 3.76. The zero-order valence-corrected chi connectivity index (χ0v) is 14.9. The average molecular weight is 352 g/mol. The van der Waals surface area contributed by atoms with Crippen molar-refractivity contribution in [2.45, 2.75) is 19.8 Å². The molecular formula is C19H20N4OS. The van der Waals surface area contributed by atoms with E-state index in [1.165, 1.54) is 5.56 Å². The molecule has 1 heterocycles. The summed E-state index contributed by atoms with van der Waals surface area (Å²) in [5, 5.41) is 11.1. The number of nitrogens with zero attached hydrogens (tertiary/aromatic N) is 3. The van der Waals surface area contributed by atoms with Crippen molar-refractivity contribution in [2.24, 2.45) is 5.10 Å². The Bertz CT molecular complexity index is 882. The molecule has 1 aromatic heterocycles. The Balaban J connectivity index is 1.49. The van der Waals surface area contributed by atoms with Crippen molar-refractivity contribution in [1.29, 1.82) is 0 Å². The zero-order valence-electron chi connectivity index (χ0n) is 14.1. The smallest absolute Gasteiger partial charge is 0.216 e. The Hall–Kier alpha value is -2.73. The van der Waals surface area contributed by atoms with E-state index in [1.54, 1.807) is 10.9 Å². The number of rotatable bonds is 7. The highest BCUT2D eigenvalue weighted by Crippen LogP contribution is 2.12. The summed E-state index contributed by atoms with van der Waals surface area (Å²) in [6, 6.07) is 18.3. The normalized spacial score (nSPS) is 11.1. The molecule has 0 aliphatic heterocycles. The number of hydrogen-bond acceptors (Lipinski definition) is 4. The van der Waals surface area contributed by atoms with Crippen LogP contribution in [-0.2, 0) is 6.42 Å². The van der Waals surface area contributed by atoms with Crippen molar-refractivity contribution in [2.75, 3.05) is 6.61 Å². The first kappa shape index (κ1) is 17.1. The minimum atomic E-state index is 0.479. The van der Waals surface area contributed by atoms with Gasteiger partial charge in [0.15, 0.2) is 0 Å². The molecule has 0 atom stereocenters. The molecule has 128 valence electrons. The van der Waals surface area contributed by atoms with Crippen LogP contribution < -0.4 is 4.74 Å². The van der Waals surface area contributed by atoms with Crippen LogP contribution in [0, 0.1) is 11.7 Å². The third kappa shape index (κ3) is 4.87. The summed E-state index contributed by atoms with van der Waals surface area (Å²) in [5.41, 5.74) is 2.31. The summed E-state index contributed by atoms with van der Waals surface area (Å²) < 4.78 is 7.86. The molecule has 0 unspecified atom stereocenters. The van der Waals surface area contributed by atoms with Crippen molar-refractivity contribution >= 4 is 18.4 Å². The lowest BCUT2D eigenvalue weighted by Crippen LogP contribution is -1.99. The van der Waals surface area contributed by atoms with Crippen molar-refractivity contribution in [1.82, 2.24) is 14.9 Å². The van der Waals surface area contributed by atoms with E-state index in [4.69, 9.17) is 17.0 Å². The highest BCUT2D eigenvalue weighted by atomic mass is 32.1. The molecule has 3 rings (SSSR count). The molecule has 0 spiro atoms. The van der Waals surface area contributed by atoms with Gasteiger partial charge in [-0.1, -0.05) is 30.3 Å². The molecule has 5 nitrogen and oxygen atoms in total.